The third-order valence-electron chi connectivity index (χ3n) is 2.33. The number of carbonyl (C=O) groups is 3. The Labute approximate surface area is 109 Å². The Kier molecular flexibility index (Phi) is 5.93. The van der Waals surface area contributed by atoms with E-state index < -0.39 is 31.1 Å². The van der Waals surface area contributed by atoms with Crippen LogP contribution in [-0.2, 0) is 14.3 Å². The minimum absolute atomic E-state index is 0.0801. The topological polar surface area (TPSA) is 95.9 Å². The Bertz CT molecular complexity index is 336. The molecule has 1 fully saturated rings. The molecule has 1 atom stereocenters. The average Bonchev–Trinajstić information content (AvgIpc) is 2.28. The lowest BCUT2D eigenvalue weighted by molar-refractivity contribution is -0.143. The minimum atomic E-state index is -1.16. The van der Waals surface area contributed by atoms with Crippen LogP contribution in [0, 0.1) is 0 Å². The van der Waals surface area contributed by atoms with Gasteiger partial charge in [0.1, 0.15) is 13.2 Å². The first-order chi connectivity index (χ1) is 8.50. The van der Waals surface area contributed by atoms with E-state index in [0.717, 1.165) is 11.5 Å². The largest absolute Gasteiger partial charge is 0.480 e. The van der Waals surface area contributed by atoms with Gasteiger partial charge in [0, 0.05) is 24.1 Å². The summed E-state index contributed by atoms with van der Waals surface area (Å²) in [4.78, 5) is 34.8. The zero-order valence-electron chi connectivity index (χ0n) is 10.0. The summed E-state index contributed by atoms with van der Waals surface area (Å²) in [5.41, 5.74) is 0. The van der Waals surface area contributed by atoms with Gasteiger partial charge < -0.3 is 14.7 Å². The van der Waals surface area contributed by atoms with Crippen molar-refractivity contribution in [3.05, 3.63) is 0 Å². The number of carboxylic acids is 1. The van der Waals surface area contributed by atoms with Crippen LogP contribution in [0.1, 0.15) is 6.92 Å². The number of carboxylic acid groups (broad SMARTS) is 1. The Morgan fingerprint density at radius 3 is 2.78 bits per heavy atom. The Morgan fingerprint density at radius 2 is 2.17 bits per heavy atom. The number of carbonyl (C=O) groups excluding carboxylic acids is 2. The molecule has 0 aliphatic carbocycles. The second-order valence-electron chi connectivity index (χ2n) is 3.86. The molecule has 1 saturated heterocycles. The molecule has 0 aromatic carbocycles. The van der Waals surface area contributed by atoms with Gasteiger partial charge in [0.2, 0.25) is 0 Å². The molecule has 1 rings (SSSR count). The van der Waals surface area contributed by atoms with Crippen LogP contribution < -0.4 is 5.32 Å². The number of ether oxygens (including phenoxy) is 1. The van der Waals surface area contributed by atoms with Crippen molar-refractivity contribution >= 4 is 29.7 Å². The van der Waals surface area contributed by atoms with E-state index in [0.29, 0.717) is 6.54 Å². The summed E-state index contributed by atoms with van der Waals surface area (Å²) in [7, 11) is 0. The van der Waals surface area contributed by atoms with Crippen molar-refractivity contribution in [1.82, 2.24) is 10.2 Å². The monoisotopic (exact) mass is 276 g/mol. The maximum atomic E-state index is 11.7. The highest BCUT2D eigenvalue weighted by molar-refractivity contribution is 7.99. The fraction of sp³-hybridized carbons (Fsp3) is 0.700. The summed E-state index contributed by atoms with van der Waals surface area (Å²) in [5, 5.41) is 10.5. The van der Waals surface area contributed by atoms with E-state index in [2.05, 4.69) is 10.1 Å². The van der Waals surface area contributed by atoms with Crippen molar-refractivity contribution in [2.75, 3.05) is 31.3 Å². The fourth-order valence-electron chi connectivity index (χ4n) is 1.49. The summed E-state index contributed by atoms with van der Waals surface area (Å²) in [5.74, 6) is -0.0963. The molecule has 102 valence electrons. The summed E-state index contributed by atoms with van der Waals surface area (Å²) in [6, 6.07) is -0.372. The smallest absolute Gasteiger partial charge is 0.329 e. The van der Waals surface area contributed by atoms with Gasteiger partial charge >= 0.3 is 12.0 Å². The van der Waals surface area contributed by atoms with E-state index in [1.807, 2.05) is 6.92 Å². The van der Waals surface area contributed by atoms with Crippen molar-refractivity contribution in [3.63, 3.8) is 0 Å². The molecule has 7 nitrogen and oxygen atoms in total. The summed E-state index contributed by atoms with van der Waals surface area (Å²) in [6.45, 7) is 1.52. The van der Waals surface area contributed by atoms with E-state index in [-0.39, 0.29) is 6.04 Å². The molecule has 18 heavy (non-hydrogen) atoms. The number of nitrogens with zero attached hydrogens (tertiary/aromatic N) is 1. The van der Waals surface area contributed by atoms with Gasteiger partial charge in [-0.2, -0.15) is 11.8 Å². The summed E-state index contributed by atoms with van der Waals surface area (Å²) in [6.07, 6.45) is 0. The van der Waals surface area contributed by atoms with Gasteiger partial charge in [-0.3, -0.25) is 10.1 Å². The molecule has 3 amide bonds. The second kappa shape index (κ2) is 7.22. The number of nitrogens with one attached hydrogen (secondary N) is 1. The Balaban J connectivity index is 2.30. The number of rotatable bonds is 4. The standard InChI is InChI=1S/C10H16N2O5S/c1-7-6-18-3-2-12(7)10(16)11-8(13)4-17-5-9(14)15/h7H,2-6H2,1H3,(H,14,15)(H,11,13,16). The van der Waals surface area contributed by atoms with Gasteiger partial charge in [-0.1, -0.05) is 0 Å². The van der Waals surface area contributed by atoms with Crippen molar-refractivity contribution in [2.24, 2.45) is 0 Å². The van der Waals surface area contributed by atoms with Crippen molar-refractivity contribution in [2.45, 2.75) is 13.0 Å². The fourth-order valence-corrected chi connectivity index (χ4v) is 2.50. The Hall–Kier alpha value is -1.28. The van der Waals surface area contributed by atoms with Crippen LogP contribution in [0.4, 0.5) is 4.79 Å². The summed E-state index contributed by atoms with van der Waals surface area (Å²) >= 11 is 1.76. The molecule has 2 N–H and O–H groups in total. The quantitative estimate of drug-likeness (QED) is 0.736. The molecule has 0 radical (unpaired) electrons. The number of hydrogen-bond acceptors (Lipinski definition) is 5. The zero-order valence-corrected chi connectivity index (χ0v) is 10.9. The van der Waals surface area contributed by atoms with Gasteiger partial charge in [0.25, 0.3) is 5.91 Å². The highest BCUT2D eigenvalue weighted by atomic mass is 32.2. The summed E-state index contributed by atoms with van der Waals surface area (Å²) < 4.78 is 4.59. The van der Waals surface area contributed by atoms with Crippen LogP contribution >= 0.6 is 11.8 Å². The first-order valence-corrected chi connectivity index (χ1v) is 6.64. The first kappa shape index (κ1) is 14.8. The number of thioether (sulfide) groups is 1. The molecule has 1 aliphatic rings. The highest BCUT2D eigenvalue weighted by Gasteiger charge is 2.24. The maximum absolute atomic E-state index is 11.7. The molecule has 1 aliphatic heterocycles. The lowest BCUT2D eigenvalue weighted by atomic mass is 10.3. The SMILES string of the molecule is CC1CSCCN1C(=O)NC(=O)COCC(=O)O. The van der Waals surface area contributed by atoms with E-state index in [1.54, 1.807) is 16.7 Å². The third kappa shape index (κ3) is 4.92. The minimum Gasteiger partial charge on any atom is -0.480 e. The van der Waals surface area contributed by atoms with Crippen molar-refractivity contribution < 1.29 is 24.2 Å². The van der Waals surface area contributed by atoms with Gasteiger partial charge in [0.15, 0.2) is 0 Å². The number of hydrogen-bond donors (Lipinski definition) is 2. The lowest BCUT2D eigenvalue weighted by Gasteiger charge is -2.32. The van der Waals surface area contributed by atoms with Crippen LogP contribution in [0.25, 0.3) is 0 Å². The van der Waals surface area contributed by atoms with E-state index in [1.165, 1.54) is 0 Å². The molecule has 0 saturated carbocycles. The second-order valence-corrected chi connectivity index (χ2v) is 5.01. The first-order valence-electron chi connectivity index (χ1n) is 5.48. The predicted octanol–water partition coefficient (Wildman–Crippen LogP) is -0.239. The number of aliphatic carboxylic acids is 1. The van der Waals surface area contributed by atoms with E-state index in [4.69, 9.17) is 5.11 Å². The Morgan fingerprint density at radius 1 is 1.44 bits per heavy atom. The molecular formula is C10H16N2O5S. The van der Waals surface area contributed by atoms with Gasteiger partial charge in [-0.15, -0.1) is 0 Å². The van der Waals surface area contributed by atoms with Crippen LogP contribution in [0.15, 0.2) is 0 Å². The number of urea groups is 1. The molecule has 8 heteroatoms. The molecule has 0 aromatic rings. The molecule has 0 bridgehead atoms. The van der Waals surface area contributed by atoms with Crippen LogP contribution in [0.2, 0.25) is 0 Å². The molecule has 0 aromatic heterocycles. The zero-order chi connectivity index (χ0) is 13.5. The number of imide groups is 1. The van der Waals surface area contributed by atoms with E-state index >= 15 is 0 Å². The van der Waals surface area contributed by atoms with Crippen LogP contribution in [0.5, 0.6) is 0 Å². The molecule has 1 heterocycles. The lowest BCUT2D eigenvalue weighted by Crippen LogP contribution is -2.51. The van der Waals surface area contributed by atoms with Gasteiger partial charge in [-0.05, 0) is 6.92 Å². The molecular weight excluding hydrogens is 260 g/mol. The van der Waals surface area contributed by atoms with Crippen LogP contribution in [-0.4, -0.2) is 65.2 Å². The van der Waals surface area contributed by atoms with E-state index in [9.17, 15) is 14.4 Å². The normalized spacial score (nSPS) is 19.4. The van der Waals surface area contributed by atoms with Crippen molar-refractivity contribution in [1.29, 1.82) is 0 Å². The maximum Gasteiger partial charge on any atom is 0.329 e. The van der Waals surface area contributed by atoms with Crippen LogP contribution in [0.3, 0.4) is 0 Å². The third-order valence-corrected chi connectivity index (χ3v) is 3.52. The predicted molar refractivity (Wildman–Crippen MR) is 65.5 cm³/mol. The average molecular weight is 276 g/mol. The van der Waals surface area contributed by atoms with Crippen molar-refractivity contribution in [3.8, 4) is 0 Å². The molecule has 0 spiro atoms. The van der Waals surface area contributed by atoms with Gasteiger partial charge in [-0.25, -0.2) is 9.59 Å². The number of amides is 3. The highest BCUT2D eigenvalue weighted by Crippen LogP contribution is 2.15. The van der Waals surface area contributed by atoms with Gasteiger partial charge in [0.05, 0.1) is 0 Å². The molecule has 1 unspecified atom stereocenters.